The van der Waals surface area contributed by atoms with Crippen molar-refractivity contribution >= 4 is 5.91 Å². The molecule has 1 aliphatic rings. The van der Waals surface area contributed by atoms with Gasteiger partial charge in [0.2, 0.25) is 0 Å². The number of aryl methyl sites for hydroxylation is 3. The fourth-order valence-electron chi connectivity index (χ4n) is 3.40. The van der Waals surface area contributed by atoms with E-state index in [0.29, 0.717) is 13.1 Å². The van der Waals surface area contributed by atoms with Crippen LogP contribution < -0.4 is 5.56 Å². The standard InChI is InChI=1S/C18H24N4O2/c1-12-10-14(3)22(19-12)11-15-6-5-9-21(15)18(24)16-8-7-13(2)20(4)17(16)23/h7-8,10,15H,5-6,9,11H2,1-4H3. The van der Waals surface area contributed by atoms with Crippen molar-refractivity contribution in [2.24, 2.45) is 7.05 Å². The first-order chi connectivity index (χ1) is 11.4. The highest BCUT2D eigenvalue weighted by Crippen LogP contribution is 2.21. The third-order valence-electron chi connectivity index (χ3n) is 4.91. The summed E-state index contributed by atoms with van der Waals surface area (Å²) in [5, 5.41) is 4.50. The lowest BCUT2D eigenvalue weighted by atomic mass is 10.2. The van der Waals surface area contributed by atoms with Gasteiger partial charge in [-0.1, -0.05) is 0 Å². The molecule has 0 aliphatic carbocycles. The minimum Gasteiger partial charge on any atom is -0.334 e. The van der Waals surface area contributed by atoms with Gasteiger partial charge in [-0.25, -0.2) is 0 Å². The summed E-state index contributed by atoms with van der Waals surface area (Å²) in [5.74, 6) is -0.167. The van der Waals surface area contributed by atoms with Crippen LogP contribution in [0.15, 0.2) is 23.0 Å². The Balaban J connectivity index is 1.85. The maximum absolute atomic E-state index is 12.9. The second-order valence-electron chi connectivity index (χ2n) is 6.66. The van der Waals surface area contributed by atoms with E-state index in [-0.39, 0.29) is 23.1 Å². The van der Waals surface area contributed by atoms with E-state index in [2.05, 4.69) is 5.10 Å². The number of carbonyl (C=O) groups excluding carboxylic acids is 1. The molecule has 0 radical (unpaired) electrons. The summed E-state index contributed by atoms with van der Waals surface area (Å²) in [5.41, 5.74) is 2.95. The molecule has 1 amide bonds. The maximum Gasteiger partial charge on any atom is 0.263 e. The molecule has 6 nitrogen and oxygen atoms in total. The van der Waals surface area contributed by atoms with Crippen molar-refractivity contribution in [2.45, 2.75) is 46.2 Å². The van der Waals surface area contributed by atoms with Crippen molar-refractivity contribution < 1.29 is 4.79 Å². The monoisotopic (exact) mass is 328 g/mol. The zero-order chi connectivity index (χ0) is 17.4. The van der Waals surface area contributed by atoms with Crippen molar-refractivity contribution in [1.29, 1.82) is 0 Å². The van der Waals surface area contributed by atoms with E-state index < -0.39 is 0 Å². The second kappa shape index (κ2) is 6.26. The molecule has 1 atom stereocenters. The van der Waals surface area contributed by atoms with Gasteiger partial charge >= 0.3 is 0 Å². The highest BCUT2D eigenvalue weighted by Gasteiger charge is 2.31. The van der Waals surface area contributed by atoms with Gasteiger partial charge < -0.3 is 9.47 Å². The minimum atomic E-state index is -0.225. The molecule has 0 N–H and O–H groups in total. The molecule has 1 unspecified atom stereocenters. The van der Waals surface area contributed by atoms with E-state index in [4.69, 9.17) is 0 Å². The lowest BCUT2D eigenvalue weighted by molar-refractivity contribution is 0.0718. The number of likely N-dealkylation sites (tertiary alicyclic amines) is 1. The van der Waals surface area contributed by atoms with Gasteiger partial charge in [0, 0.05) is 25.0 Å². The third-order valence-corrected chi connectivity index (χ3v) is 4.91. The lowest BCUT2D eigenvalue weighted by Gasteiger charge is -2.25. The molecule has 3 rings (SSSR count). The Morgan fingerprint density at radius 2 is 2.00 bits per heavy atom. The fourth-order valence-corrected chi connectivity index (χ4v) is 3.40. The molecule has 1 saturated heterocycles. The van der Waals surface area contributed by atoms with Crippen molar-refractivity contribution in [2.75, 3.05) is 6.54 Å². The van der Waals surface area contributed by atoms with Crippen LogP contribution in [-0.2, 0) is 13.6 Å². The van der Waals surface area contributed by atoms with E-state index >= 15 is 0 Å². The normalized spacial score (nSPS) is 17.5. The molecule has 0 saturated carbocycles. The van der Waals surface area contributed by atoms with Crippen LogP contribution in [0.1, 0.15) is 40.3 Å². The Labute approximate surface area is 141 Å². The van der Waals surface area contributed by atoms with Crippen LogP contribution in [0.5, 0.6) is 0 Å². The van der Waals surface area contributed by atoms with Gasteiger partial charge in [0.05, 0.1) is 18.3 Å². The quantitative estimate of drug-likeness (QED) is 0.863. The number of amides is 1. The van der Waals surface area contributed by atoms with E-state index in [1.54, 1.807) is 13.1 Å². The lowest BCUT2D eigenvalue weighted by Crippen LogP contribution is -2.41. The van der Waals surface area contributed by atoms with Crippen molar-refractivity contribution in [3.8, 4) is 0 Å². The molecule has 6 heteroatoms. The molecule has 2 aromatic rings. The Morgan fingerprint density at radius 1 is 1.25 bits per heavy atom. The second-order valence-corrected chi connectivity index (χ2v) is 6.66. The van der Waals surface area contributed by atoms with E-state index in [1.165, 1.54) is 4.57 Å². The summed E-state index contributed by atoms with van der Waals surface area (Å²) in [6, 6.07) is 5.59. The highest BCUT2D eigenvalue weighted by atomic mass is 16.2. The summed E-state index contributed by atoms with van der Waals surface area (Å²) in [6.45, 7) is 7.22. The van der Waals surface area contributed by atoms with E-state index in [0.717, 1.165) is 29.9 Å². The van der Waals surface area contributed by atoms with Crippen LogP contribution in [0.2, 0.25) is 0 Å². The first-order valence-corrected chi connectivity index (χ1v) is 8.37. The first-order valence-electron chi connectivity index (χ1n) is 8.37. The Bertz CT molecular complexity index is 834. The molecule has 0 spiro atoms. The molecule has 1 aliphatic heterocycles. The summed E-state index contributed by atoms with van der Waals surface area (Å²) in [6.07, 6.45) is 1.90. The molecule has 2 aromatic heterocycles. The number of rotatable bonds is 3. The average Bonchev–Trinajstić information content (AvgIpc) is 3.11. The summed E-state index contributed by atoms with van der Waals surface area (Å²) < 4.78 is 3.48. The number of hydrogen-bond acceptors (Lipinski definition) is 3. The molecular formula is C18H24N4O2. The Morgan fingerprint density at radius 3 is 2.67 bits per heavy atom. The van der Waals surface area contributed by atoms with Gasteiger partial charge in [0.15, 0.2) is 0 Å². The van der Waals surface area contributed by atoms with Crippen LogP contribution >= 0.6 is 0 Å². The number of hydrogen-bond donors (Lipinski definition) is 0. The zero-order valence-corrected chi connectivity index (χ0v) is 14.7. The summed E-state index contributed by atoms with van der Waals surface area (Å²) >= 11 is 0. The molecule has 0 aromatic carbocycles. The fraction of sp³-hybridized carbons (Fsp3) is 0.500. The average molecular weight is 328 g/mol. The molecule has 0 bridgehead atoms. The van der Waals surface area contributed by atoms with Crippen molar-refractivity contribution in [1.82, 2.24) is 19.2 Å². The Kier molecular flexibility index (Phi) is 4.30. The molecule has 128 valence electrons. The molecule has 24 heavy (non-hydrogen) atoms. The minimum absolute atomic E-state index is 0.0847. The number of pyridine rings is 1. The zero-order valence-electron chi connectivity index (χ0n) is 14.7. The largest absolute Gasteiger partial charge is 0.334 e. The van der Waals surface area contributed by atoms with Gasteiger partial charge in [-0.15, -0.1) is 0 Å². The van der Waals surface area contributed by atoms with Crippen LogP contribution in [0.4, 0.5) is 0 Å². The maximum atomic E-state index is 12.9. The van der Waals surface area contributed by atoms with Crippen molar-refractivity contribution in [3.05, 3.63) is 51.2 Å². The van der Waals surface area contributed by atoms with Gasteiger partial charge in [0.25, 0.3) is 11.5 Å². The summed E-state index contributed by atoms with van der Waals surface area (Å²) in [7, 11) is 1.70. The predicted octanol–water partition coefficient (Wildman–Crippen LogP) is 1.81. The van der Waals surface area contributed by atoms with Crippen LogP contribution in [0.3, 0.4) is 0 Å². The first kappa shape index (κ1) is 16.5. The van der Waals surface area contributed by atoms with Crippen LogP contribution in [0, 0.1) is 20.8 Å². The smallest absolute Gasteiger partial charge is 0.263 e. The van der Waals surface area contributed by atoms with Crippen LogP contribution in [0.25, 0.3) is 0 Å². The van der Waals surface area contributed by atoms with Crippen LogP contribution in [-0.4, -0.2) is 37.7 Å². The predicted molar refractivity (Wildman–Crippen MR) is 92.2 cm³/mol. The SMILES string of the molecule is Cc1cc(C)n(CC2CCCN2C(=O)c2ccc(C)n(C)c2=O)n1. The van der Waals surface area contributed by atoms with Gasteiger partial charge in [-0.3, -0.25) is 14.3 Å². The number of aromatic nitrogens is 3. The van der Waals surface area contributed by atoms with Gasteiger partial charge in [-0.05, 0) is 51.8 Å². The van der Waals surface area contributed by atoms with E-state index in [9.17, 15) is 9.59 Å². The highest BCUT2D eigenvalue weighted by molar-refractivity contribution is 5.94. The molecule has 3 heterocycles. The van der Waals surface area contributed by atoms with Gasteiger partial charge in [0.1, 0.15) is 5.56 Å². The molecule has 1 fully saturated rings. The number of nitrogens with zero attached hydrogens (tertiary/aromatic N) is 4. The topological polar surface area (TPSA) is 60.1 Å². The van der Waals surface area contributed by atoms with Gasteiger partial charge in [-0.2, -0.15) is 5.10 Å². The third kappa shape index (κ3) is 2.88. The number of carbonyl (C=O) groups is 1. The summed E-state index contributed by atoms with van der Waals surface area (Å²) in [4.78, 5) is 27.1. The van der Waals surface area contributed by atoms with E-state index in [1.807, 2.05) is 42.5 Å². The Hall–Kier alpha value is -2.37. The van der Waals surface area contributed by atoms with Crippen molar-refractivity contribution in [3.63, 3.8) is 0 Å². The molecular weight excluding hydrogens is 304 g/mol.